The molecule has 5 heteroatoms. The molecule has 5 nitrogen and oxygen atoms in total. The maximum Gasteiger partial charge on any atom is 0.243 e. The normalized spacial score (nSPS) is 11.8. The van der Waals surface area contributed by atoms with E-state index in [-0.39, 0.29) is 18.4 Å². The largest absolute Gasteiger partial charge is 0.336 e. The number of rotatable bonds is 7. The Morgan fingerprint density at radius 1 is 1.30 bits per heavy atom. The lowest BCUT2D eigenvalue weighted by molar-refractivity contribution is -0.133. The third kappa shape index (κ3) is 5.84. The molecule has 1 rings (SSSR count). The molecule has 0 radical (unpaired) electrons. The van der Waals surface area contributed by atoms with Crippen molar-refractivity contribution in [1.82, 2.24) is 4.90 Å². The van der Waals surface area contributed by atoms with Crippen LogP contribution in [0, 0.1) is 5.92 Å². The second-order valence-corrected chi connectivity index (χ2v) is 5.04. The summed E-state index contributed by atoms with van der Waals surface area (Å²) in [6, 6.07) is 9.19. The van der Waals surface area contributed by atoms with Crippen LogP contribution in [0.3, 0.4) is 0 Å². The number of nitrogens with two attached hydrogens (primary N) is 1. The third-order valence-corrected chi connectivity index (χ3v) is 3.12. The van der Waals surface area contributed by atoms with Crippen molar-refractivity contribution in [2.24, 2.45) is 11.7 Å². The average molecular weight is 277 g/mol. The van der Waals surface area contributed by atoms with E-state index in [4.69, 9.17) is 5.73 Å². The van der Waals surface area contributed by atoms with Gasteiger partial charge in [0.15, 0.2) is 0 Å². The van der Waals surface area contributed by atoms with Crippen molar-refractivity contribution in [2.45, 2.75) is 19.8 Å². The molecule has 0 saturated heterocycles. The van der Waals surface area contributed by atoms with Crippen molar-refractivity contribution >= 4 is 17.5 Å². The molecule has 3 N–H and O–H groups in total. The lowest BCUT2D eigenvalue weighted by Gasteiger charge is -2.17. The number of likely N-dealkylation sites (N-methyl/N-ethyl adjacent to an activating group) is 1. The minimum absolute atomic E-state index is 0.0338. The summed E-state index contributed by atoms with van der Waals surface area (Å²) in [6.45, 7) is 2.64. The van der Waals surface area contributed by atoms with Gasteiger partial charge in [-0.2, -0.15) is 0 Å². The standard InChI is InChI=1S/C15H23N3O2/c1-12(10-16)8-9-15(20)18(2)11-14(19)17-13-6-4-3-5-7-13/h3-7,12H,8-11,16H2,1-2H3,(H,17,19). The first kappa shape index (κ1) is 16.2. The molecule has 1 unspecified atom stereocenters. The highest BCUT2D eigenvalue weighted by Crippen LogP contribution is 2.07. The number of benzene rings is 1. The van der Waals surface area contributed by atoms with Gasteiger partial charge in [-0.15, -0.1) is 0 Å². The topological polar surface area (TPSA) is 75.4 Å². The molecular formula is C15H23N3O2. The van der Waals surface area contributed by atoms with E-state index < -0.39 is 0 Å². The van der Waals surface area contributed by atoms with Gasteiger partial charge in [0.2, 0.25) is 11.8 Å². The van der Waals surface area contributed by atoms with Crippen molar-refractivity contribution in [3.05, 3.63) is 30.3 Å². The van der Waals surface area contributed by atoms with E-state index in [1.54, 1.807) is 7.05 Å². The molecule has 20 heavy (non-hydrogen) atoms. The van der Waals surface area contributed by atoms with Crippen LogP contribution in [0.5, 0.6) is 0 Å². The van der Waals surface area contributed by atoms with Crippen molar-refractivity contribution in [3.63, 3.8) is 0 Å². The number of nitrogens with one attached hydrogen (secondary N) is 1. The maximum atomic E-state index is 11.9. The first-order valence-electron chi connectivity index (χ1n) is 6.82. The second-order valence-electron chi connectivity index (χ2n) is 5.04. The predicted molar refractivity (Wildman–Crippen MR) is 80.2 cm³/mol. The van der Waals surface area contributed by atoms with E-state index in [9.17, 15) is 9.59 Å². The molecule has 1 aromatic rings. The fraction of sp³-hybridized carbons (Fsp3) is 0.467. The molecule has 1 aromatic carbocycles. The molecule has 0 spiro atoms. The molecule has 2 amide bonds. The number of hydrogen-bond donors (Lipinski definition) is 2. The molecule has 110 valence electrons. The zero-order valence-electron chi connectivity index (χ0n) is 12.1. The van der Waals surface area contributed by atoms with Crippen molar-refractivity contribution in [3.8, 4) is 0 Å². The van der Waals surface area contributed by atoms with E-state index in [0.717, 1.165) is 12.1 Å². The first-order chi connectivity index (χ1) is 9.52. The van der Waals surface area contributed by atoms with Crippen molar-refractivity contribution < 1.29 is 9.59 Å². The third-order valence-electron chi connectivity index (χ3n) is 3.12. The van der Waals surface area contributed by atoms with Crippen LogP contribution in [0.1, 0.15) is 19.8 Å². The van der Waals surface area contributed by atoms with Crippen molar-refractivity contribution in [2.75, 3.05) is 25.5 Å². The molecule has 0 heterocycles. The van der Waals surface area contributed by atoms with Crippen LogP contribution in [0.4, 0.5) is 5.69 Å². The van der Waals surface area contributed by atoms with Crippen LogP contribution in [0.15, 0.2) is 30.3 Å². The van der Waals surface area contributed by atoms with Gasteiger partial charge in [0.25, 0.3) is 0 Å². The SMILES string of the molecule is CC(CN)CCC(=O)N(C)CC(=O)Nc1ccccc1. The van der Waals surface area contributed by atoms with E-state index in [0.29, 0.717) is 18.9 Å². The number of nitrogens with zero attached hydrogens (tertiary/aromatic N) is 1. The van der Waals surface area contributed by atoms with Gasteiger partial charge >= 0.3 is 0 Å². The summed E-state index contributed by atoms with van der Waals surface area (Å²) in [5.41, 5.74) is 6.24. The summed E-state index contributed by atoms with van der Waals surface area (Å²) in [7, 11) is 1.64. The molecule has 0 aromatic heterocycles. The fourth-order valence-electron chi connectivity index (χ4n) is 1.70. The summed E-state index contributed by atoms with van der Waals surface area (Å²) in [5.74, 6) is 0.0953. The summed E-state index contributed by atoms with van der Waals surface area (Å²) >= 11 is 0. The molecule has 0 fully saturated rings. The van der Waals surface area contributed by atoms with Gasteiger partial charge in [-0.3, -0.25) is 9.59 Å². The molecule has 0 aliphatic heterocycles. The highest BCUT2D eigenvalue weighted by atomic mass is 16.2. The zero-order chi connectivity index (χ0) is 15.0. The monoisotopic (exact) mass is 277 g/mol. The van der Waals surface area contributed by atoms with E-state index in [1.807, 2.05) is 37.3 Å². The van der Waals surface area contributed by atoms with Crippen LogP contribution in [0.2, 0.25) is 0 Å². The number of anilines is 1. The van der Waals surface area contributed by atoms with Gasteiger partial charge in [0, 0.05) is 19.2 Å². The Hall–Kier alpha value is -1.88. The fourth-order valence-corrected chi connectivity index (χ4v) is 1.70. The van der Waals surface area contributed by atoms with Gasteiger partial charge in [0.05, 0.1) is 6.54 Å². The van der Waals surface area contributed by atoms with Crippen LogP contribution in [-0.2, 0) is 9.59 Å². The van der Waals surface area contributed by atoms with Gasteiger partial charge in [-0.05, 0) is 31.0 Å². The summed E-state index contributed by atoms with van der Waals surface area (Å²) in [6.07, 6.45) is 1.17. The Bertz CT molecular complexity index is 434. The number of para-hydroxylation sites is 1. The highest BCUT2D eigenvalue weighted by molar-refractivity contribution is 5.94. The Morgan fingerprint density at radius 3 is 2.55 bits per heavy atom. The first-order valence-corrected chi connectivity index (χ1v) is 6.82. The van der Waals surface area contributed by atoms with Crippen LogP contribution in [0.25, 0.3) is 0 Å². The van der Waals surface area contributed by atoms with Gasteiger partial charge < -0.3 is 16.0 Å². The highest BCUT2D eigenvalue weighted by Gasteiger charge is 2.13. The Labute approximate surface area is 120 Å². The molecule has 0 bridgehead atoms. The van der Waals surface area contributed by atoms with E-state index in [1.165, 1.54) is 4.90 Å². The predicted octanol–water partition coefficient (Wildman–Crippen LogP) is 1.46. The average Bonchev–Trinajstić information content (AvgIpc) is 2.45. The number of carbonyl (C=O) groups is 2. The zero-order valence-corrected chi connectivity index (χ0v) is 12.1. The van der Waals surface area contributed by atoms with Gasteiger partial charge in [0.1, 0.15) is 0 Å². The van der Waals surface area contributed by atoms with Crippen molar-refractivity contribution in [1.29, 1.82) is 0 Å². The quantitative estimate of drug-likeness (QED) is 0.792. The molecular weight excluding hydrogens is 254 g/mol. The lowest BCUT2D eigenvalue weighted by Crippen LogP contribution is -2.35. The van der Waals surface area contributed by atoms with Crippen LogP contribution >= 0.6 is 0 Å². The second kappa shape index (κ2) is 8.32. The number of carbonyl (C=O) groups excluding carboxylic acids is 2. The summed E-state index contributed by atoms with van der Waals surface area (Å²) in [4.78, 5) is 25.1. The van der Waals surface area contributed by atoms with E-state index in [2.05, 4.69) is 5.32 Å². The van der Waals surface area contributed by atoms with Gasteiger partial charge in [-0.25, -0.2) is 0 Å². The minimum atomic E-state index is -0.195. The smallest absolute Gasteiger partial charge is 0.243 e. The summed E-state index contributed by atoms with van der Waals surface area (Å²) < 4.78 is 0. The van der Waals surface area contributed by atoms with Crippen LogP contribution < -0.4 is 11.1 Å². The molecule has 1 atom stereocenters. The minimum Gasteiger partial charge on any atom is -0.336 e. The number of hydrogen-bond acceptors (Lipinski definition) is 3. The number of amides is 2. The maximum absolute atomic E-state index is 11.9. The Kier molecular flexibility index (Phi) is 6.73. The lowest BCUT2D eigenvalue weighted by atomic mass is 10.1. The summed E-state index contributed by atoms with van der Waals surface area (Å²) in [5, 5.41) is 2.75. The molecule has 0 aliphatic carbocycles. The Balaban J connectivity index is 2.35. The molecule has 0 saturated carbocycles. The van der Waals surface area contributed by atoms with Crippen LogP contribution in [-0.4, -0.2) is 36.9 Å². The van der Waals surface area contributed by atoms with Gasteiger partial charge in [-0.1, -0.05) is 25.1 Å². The van der Waals surface area contributed by atoms with E-state index >= 15 is 0 Å². The molecule has 0 aliphatic rings. The Morgan fingerprint density at radius 2 is 1.95 bits per heavy atom.